The van der Waals surface area contributed by atoms with Crippen molar-refractivity contribution in [1.82, 2.24) is 9.55 Å². The van der Waals surface area contributed by atoms with E-state index in [1.54, 1.807) is 18.2 Å². The maximum Gasteiger partial charge on any atom is 0.292 e. The summed E-state index contributed by atoms with van der Waals surface area (Å²) in [5, 5.41) is 14.0. The number of carbonyl (C=O) groups excluding carboxylic acids is 1. The van der Waals surface area contributed by atoms with Crippen molar-refractivity contribution in [2.24, 2.45) is 0 Å². The molecular formula is C18H16N4O4. The van der Waals surface area contributed by atoms with Crippen LogP contribution in [0.1, 0.15) is 12.0 Å². The largest absolute Gasteiger partial charge is 0.320 e. The first kappa shape index (κ1) is 17.3. The topological polar surface area (TPSA) is 107 Å². The summed E-state index contributed by atoms with van der Waals surface area (Å²) in [7, 11) is 0. The number of hydrogen-bond donors (Lipinski definition) is 1. The number of para-hydroxylation sites is 3. The van der Waals surface area contributed by atoms with Gasteiger partial charge in [-0.3, -0.25) is 24.3 Å². The molecule has 0 aliphatic heterocycles. The Morgan fingerprint density at radius 2 is 2.00 bits per heavy atom. The molecule has 0 saturated heterocycles. The number of anilines is 1. The van der Waals surface area contributed by atoms with Crippen LogP contribution in [-0.4, -0.2) is 20.4 Å². The number of benzene rings is 2. The van der Waals surface area contributed by atoms with Gasteiger partial charge < -0.3 is 5.32 Å². The van der Waals surface area contributed by atoms with Gasteiger partial charge in [-0.2, -0.15) is 0 Å². The van der Waals surface area contributed by atoms with Crippen LogP contribution in [0.4, 0.5) is 11.4 Å². The Morgan fingerprint density at radius 1 is 1.23 bits per heavy atom. The lowest BCUT2D eigenvalue weighted by atomic mass is 10.1. The number of aromatic nitrogens is 2. The quantitative estimate of drug-likeness (QED) is 0.561. The highest BCUT2D eigenvalue weighted by molar-refractivity contribution is 5.93. The van der Waals surface area contributed by atoms with Crippen molar-refractivity contribution >= 4 is 28.2 Å². The van der Waals surface area contributed by atoms with Gasteiger partial charge in [-0.05, 0) is 24.6 Å². The van der Waals surface area contributed by atoms with Crippen LogP contribution in [0.2, 0.25) is 0 Å². The molecule has 1 amide bonds. The van der Waals surface area contributed by atoms with Crippen molar-refractivity contribution in [3.8, 4) is 0 Å². The molecule has 1 N–H and O–H groups in total. The van der Waals surface area contributed by atoms with Gasteiger partial charge >= 0.3 is 0 Å². The van der Waals surface area contributed by atoms with Crippen molar-refractivity contribution in [2.45, 2.75) is 19.9 Å². The summed E-state index contributed by atoms with van der Waals surface area (Å²) in [4.78, 5) is 39.3. The van der Waals surface area contributed by atoms with Crippen LogP contribution < -0.4 is 10.9 Å². The van der Waals surface area contributed by atoms with Crippen LogP contribution in [-0.2, 0) is 11.3 Å². The molecule has 1 heterocycles. The van der Waals surface area contributed by atoms with Crippen molar-refractivity contribution in [3.05, 3.63) is 74.8 Å². The highest BCUT2D eigenvalue weighted by Gasteiger charge is 2.15. The number of fused-ring (bicyclic) bond motifs is 1. The second-order valence-electron chi connectivity index (χ2n) is 5.79. The van der Waals surface area contributed by atoms with Crippen LogP contribution in [0.25, 0.3) is 10.9 Å². The summed E-state index contributed by atoms with van der Waals surface area (Å²) in [6.45, 7) is 2.00. The highest BCUT2D eigenvalue weighted by Crippen LogP contribution is 2.23. The van der Waals surface area contributed by atoms with Crippen molar-refractivity contribution in [1.29, 1.82) is 0 Å². The Labute approximate surface area is 148 Å². The zero-order valence-electron chi connectivity index (χ0n) is 14.0. The molecule has 0 atom stereocenters. The second-order valence-corrected chi connectivity index (χ2v) is 5.79. The summed E-state index contributed by atoms with van der Waals surface area (Å²) in [6.07, 6.45) is 1.40. The molecule has 3 rings (SSSR count). The molecule has 0 aliphatic rings. The van der Waals surface area contributed by atoms with Gasteiger partial charge in [-0.15, -0.1) is 0 Å². The molecule has 26 heavy (non-hydrogen) atoms. The average molecular weight is 352 g/mol. The smallest absolute Gasteiger partial charge is 0.292 e. The van der Waals surface area contributed by atoms with Crippen LogP contribution in [0.15, 0.2) is 53.6 Å². The van der Waals surface area contributed by atoms with Gasteiger partial charge in [0, 0.05) is 19.0 Å². The molecule has 1 aromatic heterocycles. The molecule has 8 heteroatoms. The van der Waals surface area contributed by atoms with Crippen LogP contribution in [0.5, 0.6) is 0 Å². The fourth-order valence-electron chi connectivity index (χ4n) is 2.67. The minimum Gasteiger partial charge on any atom is -0.320 e. The van der Waals surface area contributed by atoms with Gasteiger partial charge in [0.2, 0.25) is 5.91 Å². The molecule has 0 bridgehead atoms. The number of amides is 1. The molecule has 2 aromatic carbocycles. The summed E-state index contributed by atoms with van der Waals surface area (Å²) in [5.74, 6) is -0.421. The SMILES string of the molecule is Cc1cccc2c(=O)n(CCC(=O)Nc3ccccc3[N+](=O)[O-])cnc12. The van der Waals surface area contributed by atoms with Crippen molar-refractivity contribution in [3.63, 3.8) is 0 Å². The summed E-state index contributed by atoms with van der Waals surface area (Å²) in [5.41, 5.74) is 1.26. The minimum atomic E-state index is -0.560. The lowest BCUT2D eigenvalue weighted by Gasteiger charge is -2.08. The third-order valence-electron chi connectivity index (χ3n) is 4.01. The average Bonchev–Trinajstić information content (AvgIpc) is 2.62. The first-order chi connectivity index (χ1) is 12.5. The first-order valence-electron chi connectivity index (χ1n) is 7.95. The number of carbonyl (C=O) groups is 1. The molecule has 0 radical (unpaired) electrons. The lowest BCUT2D eigenvalue weighted by molar-refractivity contribution is -0.383. The van der Waals surface area contributed by atoms with Crippen LogP contribution >= 0.6 is 0 Å². The van der Waals surface area contributed by atoms with Gasteiger partial charge in [0.05, 0.1) is 22.2 Å². The number of nitrogens with one attached hydrogen (secondary N) is 1. The number of aryl methyl sites for hydroxylation is 2. The van der Waals surface area contributed by atoms with Crippen LogP contribution in [0, 0.1) is 17.0 Å². The van der Waals surface area contributed by atoms with E-state index in [-0.39, 0.29) is 29.9 Å². The van der Waals surface area contributed by atoms with E-state index in [4.69, 9.17) is 0 Å². The molecule has 132 valence electrons. The van der Waals surface area contributed by atoms with E-state index < -0.39 is 10.8 Å². The van der Waals surface area contributed by atoms with Gasteiger partial charge in [0.15, 0.2) is 0 Å². The van der Waals surface area contributed by atoms with E-state index in [0.717, 1.165) is 5.56 Å². The van der Waals surface area contributed by atoms with E-state index in [1.807, 2.05) is 13.0 Å². The van der Waals surface area contributed by atoms with E-state index in [0.29, 0.717) is 10.9 Å². The minimum absolute atomic E-state index is 0.00897. The monoisotopic (exact) mass is 352 g/mol. The maximum atomic E-state index is 12.5. The number of rotatable bonds is 5. The number of nitro benzene ring substituents is 1. The van der Waals surface area contributed by atoms with Gasteiger partial charge in [0.1, 0.15) is 5.69 Å². The zero-order valence-corrected chi connectivity index (χ0v) is 14.0. The standard InChI is InChI=1S/C18H16N4O4/c1-12-5-4-6-13-17(12)19-11-21(18(13)24)10-9-16(23)20-14-7-2-3-8-15(14)22(25)26/h2-8,11H,9-10H2,1H3,(H,20,23). The summed E-state index contributed by atoms with van der Waals surface area (Å²) >= 11 is 0. The molecule has 0 aliphatic carbocycles. The number of hydrogen-bond acceptors (Lipinski definition) is 5. The zero-order chi connectivity index (χ0) is 18.7. The number of nitrogens with zero attached hydrogens (tertiary/aromatic N) is 3. The molecule has 0 spiro atoms. The fraction of sp³-hybridized carbons (Fsp3) is 0.167. The molecule has 0 fully saturated rings. The van der Waals surface area contributed by atoms with E-state index in [1.165, 1.54) is 29.1 Å². The van der Waals surface area contributed by atoms with Crippen molar-refractivity contribution in [2.75, 3.05) is 5.32 Å². The summed E-state index contributed by atoms with van der Waals surface area (Å²) in [6, 6.07) is 11.3. The molecule has 0 unspecified atom stereocenters. The predicted molar refractivity (Wildman–Crippen MR) is 97.1 cm³/mol. The molecular weight excluding hydrogens is 336 g/mol. The Bertz CT molecular complexity index is 1060. The van der Waals surface area contributed by atoms with E-state index in [2.05, 4.69) is 10.3 Å². The normalized spacial score (nSPS) is 10.7. The Hall–Kier alpha value is -3.55. The lowest BCUT2D eigenvalue weighted by Crippen LogP contribution is -2.24. The van der Waals surface area contributed by atoms with E-state index in [9.17, 15) is 19.7 Å². The third kappa shape index (κ3) is 3.44. The van der Waals surface area contributed by atoms with Gasteiger partial charge in [0.25, 0.3) is 11.2 Å². The second kappa shape index (κ2) is 7.14. The van der Waals surface area contributed by atoms with Gasteiger partial charge in [-0.25, -0.2) is 4.98 Å². The van der Waals surface area contributed by atoms with E-state index >= 15 is 0 Å². The highest BCUT2D eigenvalue weighted by atomic mass is 16.6. The van der Waals surface area contributed by atoms with Crippen molar-refractivity contribution < 1.29 is 9.72 Å². The molecule has 0 saturated carbocycles. The van der Waals surface area contributed by atoms with Gasteiger partial charge in [-0.1, -0.05) is 24.3 Å². The molecule has 3 aromatic rings. The number of nitro groups is 1. The van der Waals surface area contributed by atoms with Crippen LogP contribution in [0.3, 0.4) is 0 Å². The maximum absolute atomic E-state index is 12.5. The first-order valence-corrected chi connectivity index (χ1v) is 7.95. The predicted octanol–water partition coefficient (Wildman–Crippen LogP) is 2.64. The fourth-order valence-corrected chi connectivity index (χ4v) is 2.67. The Kier molecular flexibility index (Phi) is 4.74. The Balaban J connectivity index is 1.75. The molecule has 8 nitrogen and oxygen atoms in total. The Morgan fingerprint density at radius 3 is 2.77 bits per heavy atom. The summed E-state index contributed by atoms with van der Waals surface area (Å²) < 4.78 is 1.36. The third-order valence-corrected chi connectivity index (χ3v) is 4.01.